The first-order chi connectivity index (χ1) is 19.4. The van der Waals surface area contributed by atoms with Crippen LogP contribution in [0.15, 0.2) is 136 Å². The summed E-state index contributed by atoms with van der Waals surface area (Å²) < 4.78 is 13.2. The maximum Gasteiger partial charge on any atom is 0.247 e. The van der Waals surface area contributed by atoms with Gasteiger partial charge in [-0.25, -0.2) is 0 Å². The van der Waals surface area contributed by atoms with Gasteiger partial charge in [0.2, 0.25) is 6.71 Å². The Labute approximate surface area is 225 Å². The van der Waals surface area contributed by atoms with Gasteiger partial charge in [0.15, 0.2) is 0 Å². The van der Waals surface area contributed by atoms with E-state index in [1.807, 2.05) is 12.1 Å². The average Bonchev–Trinajstić information content (AvgIpc) is 3.53. The lowest BCUT2D eigenvalue weighted by Gasteiger charge is -2.18. The van der Waals surface area contributed by atoms with E-state index in [2.05, 4.69) is 115 Å². The minimum atomic E-state index is -0.00603. The van der Waals surface area contributed by atoms with Crippen LogP contribution in [0.25, 0.3) is 66.1 Å². The van der Waals surface area contributed by atoms with Crippen molar-refractivity contribution >= 4 is 67.0 Å². The molecular formula is C36H21BO2. The van der Waals surface area contributed by atoms with Crippen molar-refractivity contribution < 1.29 is 8.83 Å². The van der Waals surface area contributed by atoms with Crippen molar-refractivity contribution in [1.29, 1.82) is 0 Å². The van der Waals surface area contributed by atoms with Crippen molar-refractivity contribution in [2.24, 2.45) is 0 Å². The van der Waals surface area contributed by atoms with Crippen LogP contribution in [0.2, 0.25) is 0 Å². The molecule has 0 saturated heterocycles. The molecule has 0 aliphatic carbocycles. The highest BCUT2D eigenvalue weighted by molar-refractivity contribution is 6.98. The van der Waals surface area contributed by atoms with Crippen LogP contribution in [-0.4, -0.2) is 6.71 Å². The molecule has 8 aromatic rings. The van der Waals surface area contributed by atoms with E-state index in [-0.39, 0.29) is 6.71 Å². The van der Waals surface area contributed by atoms with Crippen LogP contribution >= 0.6 is 0 Å². The van der Waals surface area contributed by atoms with Crippen molar-refractivity contribution in [2.75, 3.05) is 0 Å². The van der Waals surface area contributed by atoms with E-state index < -0.39 is 0 Å². The van der Waals surface area contributed by atoms with Crippen LogP contribution < -0.4 is 16.4 Å². The monoisotopic (exact) mass is 496 g/mol. The standard InChI is InChI=1S/C36H21BO2/c1-5-15-29-22(10-1)25-20-21-27-24-12-4-8-19-33(24)39-36(27)34(25)28-13-2-6-16-30(28)37(29)31-17-9-14-26-23-11-3-7-18-32(23)38-35(26)31/h1-21H. The molecule has 9 rings (SSSR count). The van der Waals surface area contributed by atoms with Crippen molar-refractivity contribution in [3.63, 3.8) is 0 Å². The second-order valence-electron chi connectivity index (χ2n) is 10.4. The summed E-state index contributed by atoms with van der Waals surface area (Å²) in [7, 11) is 0. The number of rotatable bonds is 1. The minimum Gasteiger partial charge on any atom is -0.457 e. The molecule has 0 unspecified atom stereocenters. The average molecular weight is 496 g/mol. The SMILES string of the molecule is c1ccc2c(c1)B(c1cccc3c1oc1ccccc13)c1ccccc1-c1c-2ccc2c1oc1ccccc12. The lowest BCUT2D eigenvalue weighted by molar-refractivity contribution is 0.670. The molecule has 0 radical (unpaired) electrons. The first-order valence-electron chi connectivity index (χ1n) is 13.4. The van der Waals surface area contributed by atoms with Crippen LogP contribution in [0.1, 0.15) is 0 Å². The molecule has 0 saturated carbocycles. The Morgan fingerprint density at radius 2 is 0.897 bits per heavy atom. The Morgan fingerprint density at radius 3 is 1.67 bits per heavy atom. The van der Waals surface area contributed by atoms with Crippen LogP contribution in [0.4, 0.5) is 0 Å². The highest BCUT2D eigenvalue weighted by Crippen LogP contribution is 2.42. The van der Waals surface area contributed by atoms with Gasteiger partial charge in [-0.1, -0.05) is 120 Å². The number of hydrogen-bond acceptors (Lipinski definition) is 2. The first kappa shape index (κ1) is 21.0. The molecule has 3 heterocycles. The highest BCUT2D eigenvalue weighted by atomic mass is 16.3. The van der Waals surface area contributed by atoms with E-state index in [0.717, 1.165) is 49.4 Å². The molecule has 2 aromatic heterocycles. The minimum absolute atomic E-state index is 0.00603. The molecule has 1 aliphatic rings. The maximum atomic E-state index is 6.61. The van der Waals surface area contributed by atoms with Gasteiger partial charge in [-0.2, -0.15) is 0 Å². The van der Waals surface area contributed by atoms with Crippen molar-refractivity contribution in [3.05, 3.63) is 127 Å². The van der Waals surface area contributed by atoms with E-state index >= 15 is 0 Å². The Balaban J connectivity index is 1.44. The summed E-state index contributed by atoms with van der Waals surface area (Å²) in [6.45, 7) is -0.00603. The summed E-state index contributed by atoms with van der Waals surface area (Å²) in [6.07, 6.45) is 0. The summed E-state index contributed by atoms with van der Waals surface area (Å²) in [5, 5.41) is 4.60. The zero-order valence-electron chi connectivity index (χ0n) is 21.0. The predicted octanol–water partition coefficient (Wildman–Crippen LogP) is 7.65. The molecule has 0 spiro atoms. The van der Waals surface area contributed by atoms with E-state index in [9.17, 15) is 0 Å². The van der Waals surface area contributed by atoms with Crippen molar-refractivity contribution in [2.45, 2.75) is 0 Å². The lowest BCUT2D eigenvalue weighted by Crippen LogP contribution is -2.52. The molecule has 2 nitrogen and oxygen atoms in total. The Kier molecular flexibility index (Phi) is 4.17. The number of furan rings is 2. The fraction of sp³-hybridized carbons (Fsp3) is 0. The molecule has 0 atom stereocenters. The zero-order valence-corrected chi connectivity index (χ0v) is 21.0. The summed E-state index contributed by atoms with van der Waals surface area (Å²) in [5.74, 6) is 0. The fourth-order valence-electron chi connectivity index (χ4n) is 6.75. The van der Waals surface area contributed by atoms with Gasteiger partial charge in [-0.3, -0.25) is 0 Å². The predicted molar refractivity (Wildman–Crippen MR) is 163 cm³/mol. The van der Waals surface area contributed by atoms with E-state index in [0.29, 0.717) is 0 Å². The molecule has 0 N–H and O–H groups in total. The zero-order chi connectivity index (χ0) is 25.5. The Morgan fingerprint density at radius 1 is 0.359 bits per heavy atom. The van der Waals surface area contributed by atoms with Gasteiger partial charge in [-0.05, 0) is 40.4 Å². The summed E-state index contributed by atoms with van der Waals surface area (Å²) >= 11 is 0. The third-order valence-corrected chi connectivity index (χ3v) is 8.40. The molecule has 0 bridgehead atoms. The molecule has 3 heteroatoms. The van der Waals surface area contributed by atoms with Gasteiger partial charge in [0.25, 0.3) is 0 Å². The maximum absolute atomic E-state index is 6.61. The molecule has 0 amide bonds. The van der Waals surface area contributed by atoms with Crippen LogP contribution in [0, 0.1) is 0 Å². The molecular weight excluding hydrogens is 475 g/mol. The van der Waals surface area contributed by atoms with Gasteiger partial charge < -0.3 is 8.83 Å². The second kappa shape index (κ2) is 7.75. The molecule has 6 aromatic carbocycles. The van der Waals surface area contributed by atoms with Crippen molar-refractivity contribution in [3.8, 4) is 22.3 Å². The summed E-state index contributed by atoms with van der Waals surface area (Å²) in [5.41, 5.74) is 12.2. The van der Waals surface area contributed by atoms with Gasteiger partial charge in [0.05, 0.1) is 0 Å². The second-order valence-corrected chi connectivity index (χ2v) is 10.4. The fourth-order valence-corrected chi connectivity index (χ4v) is 6.75. The number of para-hydroxylation sites is 3. The van der Waals surface area contributed by atoms with Gasteiger partial charge in [0, 0.05) is 27.1 Å². The van der Waals surface area contributed by atoms with E-state index in [1.54, 1.807) is 0 Å². The van der Waals surface area contributed by atoms with E-state index in [1.165, 1.54) is 33.1 Å². The molecule has 39 heavy (non-hydrogen) atoms. The van der Waals surface area contributed by atoms with Crippen LogP contribution in [0.5, 0.6) is 0 Å². The topological polar surface area (TPSA) is 26.3 Å². The number of fused-ring (bicyclic) bond motifs is 12. The van der Waals surface area contributed by atoms with E-state index in [4.69, 9.17) is 8.83 Å². The smallest absolute Gasteiger partial charge is 0.247 e. The van der Waals surface area contributed by atoms with Crippen LogP contribution in [0.3, 0.4) is 0 Å². The summed E-state index contributed by atoms with van der Waals surface area (Å²) in [4.78, 5) is 0. The molecule has 180 valence electrons. The molecule has 1 aliphatic heterocycles. The van der Waals surface area contributed by atoms with Crippen LogP contribution in [-0.2, 0) is 0 Å². The van der Waals surface area contributed by atoms with Gasteiger partial charge in [0.1, 0.15) is 22.3 Å². The largest absolute Gasteiger partial charge is 0.457 e. The number of benzene rings is 6. The highest BCUT2D eigenvalue weighted by Gasteiger charge is 2.34. The van der Waals surface area contributed by atoms with Gasteiger partial charge >= 0.3 is 0 Å². The van der Waals surface area contributed by atoms with Gasteiger partial charge in [-0.15, -0.1) is 0 Å². The number of hydrogen-bond donors (Lipinski definition) is 0. The normalized spacial score (nSPS) is 12.6. The third-order valence-electron chi connectivity index (χ3n) is 8.40. The lowest BCUT2D eigenvalue weighted by atomic mass is 9.35. The Bertz CT molecular complexity index is 2250. The Hall–Kier alpha value is -5.02. The first-order valence-corrected chi connectivity index (χ1v) is 13.4. The molecule has 0 fully saturated rings. The quantitative estimate of drug-likeness (QED) is 0.218. The summed E-state index contributed by atoms with van der Waals surface area (Å²) in [6, 6.07) is 45.3. The van der Waals surface area contributed by atoms with Crippen molar-refractivity contribution in [1.82, 2.24) is 0 Å². The third kappa shape index (κ3) is 2.82.